The summed E-state index contributed by atoms with van der Waals surface area (Å²) < 4.78 is 0. The number of rotatable bonds is 3. The van der Waals surface area contributed by atoms with Gasteiger partial charge in [0.1, 0.15) is 5.52 Å². The number of hydrogen-bond acceptors (Lipinski definition) is 5. The molecule has 1 aliphatic carbocycles. The summed E-state index contributed by atoms with van der Waals surface area (Å²) in [5, 5.41) is 3.35. The van der Waals surface area contributed by atoms with Crippen LogP contribution in [0.2, 0.25) is 0 Å². The first-order valence-corrected chi connectivity index (χ1v) is 6.03. The van der Waals surface area contributed by atoms with Crippen molar-refractivity contribution in [2.45, 2.75) is 25.7 Å². The lowest BCUT2D eigenvalue weighted by molar-refractivity contribution is 0.579. The van der Waals surface area contributed by atoms with Crippen LogP contribution in [-0.2, 0) is 0 Å². The maximum atomic E-state index is 5.65. The predicted octanol–water partition coefficient (Wildman–Crippen LogP) is 1.54. The fourth-order valence-corrected chi connectivity index (χ4v) is 2.43. The Morgan fingerprint density at radius 2 is 2.18 bits per heavy atom. The van der Waals surface area contributed by atoms with Crippen LogP contribution in [0.3, 0.4) is 0 Å². The van der Waals surface area contributed by atoms with E-state index in [0.29, 0.717) is 5.65 Å². The second-order valence-electron chi connectivity index (χ2n) is 4.56. The molecule has 4 N–H and O–H groups in total. The Morgan fingerprint density at radius 3 is 3.00 bits per heavy atom. The summed E-state index contributed by atoms with van der Waals surface area (Å²) in [6.07, 6.45) is 6.91. The van der Waals surface area contributed by atoms with Gasteiger partial charge in [-0.15, -0.1) is 0 Å². The molecule has 0 unspecified atom stereocenters. The quantitative estimate of drug-likeness (QED) is 0.746. The average Bonchev–Trinajstić information content (AvgIpc) is 2.95. The molecule has 2 aromatic rings. The SMILES string of the molecule is Nc1nc(NCC2CCCC2)c2[nH]cnc2n1. The van der Waals surface area contributed by atoms with E-state index in [9.17, 15) is 0 Å². The number of aromatic amines is 1. The van der Waals surface area contributed by atoms with E-state index < -0.39 is 0 Å². The van der Waals surface area contributed by atoms with Crippen LogP contribution in [0.1, 0.15) is 25.7 Å². The van der Waals surface area contributed by atoms with Gasteiger partial charge in [-0.2, -0.15) is 9.97 Å². The zero-order valence-corrected chi connectivity index (χ0v) is 9.61. The number of aromatic nitrogens is 4. The van der Waals surface area contributed by atoms with Crippen LogP contribution in [0, 0.1) is 5.92 Å². The highest BCUT2D eigenvalue weighted by molar-refractivity contribution is 5.83. The van der Waals surface area contributed by atoms with Crippen molar-refractivity contribution in [3.05, 3.63) is 6.33 Å². The molecule has 6 heteroatoms. The second-order valence-corrected chi connectivity index (χ2v) is 4.56. The topological polar surface area (TPSA) is 92.5 Å². The fourth-order valence-electron chi connectivity index (χ4n) is 2.43. The molecule has 17 heavy (non-hydrogen) atoms. The van der Waals surface area contributed by atoms with Gasteiger partial charge in [0.15, 0.2) is 11.5 Å². The van der Waals surface area contributed by atoms with E-state index in [2.05, 4.69) is 25.3 Å². The lowest BCUT2D eigenvalue weighted by Crippen LogP contribution is -2.13. The Bertz CT molecular complexity index is 514. The first kappa shape index (κ1) is 10.3. The van der Waals surface area contributed by atoms with E-state index >= 15 is 0 Å². The molecule has 0 amide bonds. The molecule has 6 nitrogen and oxygen atoms in total. The summed E-state index contributed by atoms with van der Waals surface area (Å²) in [4.78, 5) is 15.4. The minimum Gasteiger partial charge on any atom is -0.368 e. The number of nitrogens with two attached hydrogens (primary N) is 1. The third-order valence-corrected chi connectivity index (χ3v) is 3.34. The summed E-state index contributed by atoms with van der Waals surface area (Å²) in [7, 11) is 0. The van der Waals surface area contributed by atoms with Gasteiger partial charge < -0.3 is 16.0 Å². The summed E-state index contributed by atoms with van der Waals surface area (Å²) >= 11 is 0. The maximum Gasteiger partial charge on any atom is 0.224 e. The van der Waals surface area contributed by atoms with Gasteiger partial charge in [0.05, 0.1) is 6.33 Å². The smallest absolute Gasteiger partial charge is 0.224 e. The van der Waals surface area contributed by atoms with Gasteiger partial charge in [0.25, 0.3) is 0 Å². The van der Waals surface area contributed by atoms with Crippen molar-refractivity contribution in [2.75, 3.05) is 17.6 Å². The van der Waals surface area contributed by atoms with Crippen LogP contribution in [-0.4, -0.2) is 26.5 Å². The normalized spacial score (nSPS) is 16.7. The van der Waals surface area contributed by atoms with Gasteiger partial charge >= 0.3 is 0 Å². The van der Waals surface area contributed by atoms with Crippen LogP contribution < -0.4 is 11.1 Å². The van der Waals surface area contributed by atoms with Crippen molar-refractivity contribution in [1.82, 2.24) is 19.9 Å². The molecule has 3 rings (SSSR count). The molecule has 0 radical (unpaired) electrons. The van der Waals surface area contributed by atoms with Crippen LogP contribution in [0.25, 0.3) is 11.2 Å². The molecule has 2 aromatic heterocycles. The summed E-state index contributed by atoms with van der Waals surface area (Å²) in [6, 6.07) is 0. The molecule has 1 saturated carbocycles. The van der Waals surface area contributed by atoms with E-state index in [0.717, 1.165) is 23.8 Å². The van der Waals surface area contributed by atoms with Gasteiger partial charge in [0.2, 0.25) is 5.95 Å². The predicted molar refractivity (Wildman–Crippen MR) is 66.5 cm³/mol. The molecule has 0 bridgehead atoms. The van der Waals surface area contributed by atoms with Gasteiger partial charge in [-0.3, -0.25) is 0 Å². The van der Waals surface area contributed by atoms with Crippen LogP contribution >= 0.6 is 0 Å². The summed E-state index contributed by atoms with van der Waals surface area (Å²) in [5.41, 5.74) is 7.10. The fraction of sp³-hybridized carbons (Fsp3) is 0.545. The van der Waals surface area contributed by atoms with Gasteiger partial charge in [0, 0.05) is 6.54 Å². The lowest BCUT2D eigenvalue weighted by atomic mass is 10.1. The number of fused-ring (bicyclic) bond motifs is 1. The minimum absolute atomic E-state index is 0.263. The molecule has 0 saturated heterocycles. The van der Waals surface area contributed by atoms with E-state index in [4.69, 9.17) is 5.73 Å². The number of H-pyrrole nitrogens is 1. The highest BCUT2D eigenvalue weighted by Gasteiger charge is 2.16. The van der Waals surface area contributed by atoms with Crippen molar-refractivity contribution in [3.8, 4) is 0 Å². The second kappa shape index (κ2) is 4.20. The third kappa shape index (κ3) is 2.02. The van der Waals surface area contributed by atoms with Gasteiger partial charge in [-0.25, -0.2) is 4.98 Å². The number of nitrogens with one attached hydrogen (secondary N) is 2. The summed E-state index contributed by atoms with van der Waals surface area (Å²) in [6.45, 7) is 0.949. The Kier molecular flexibility index (Phi) is 2.55. The molecule has 2 heterocycles. The van der Waals surface area contributed by atoms with Gasteiger partial charge in [-0.1, -0.05) is 12.8 Å². The molecule has 1 aliphatic rings. The first-order valence-electron chi connectivity index (χ1n) is 6.03. The molecule has 90 valence electrons. The Morgan fingerprint density at radius 1 is 1.35 bits per heavy atom. The Balaban J connectivity index is 1.81. The molecule has 1 fully saturated rings. The number of hydrogen-bond donors (Lipinski definition) is 3. The van der Waals surface area contributed by atoms with Crippen molar-refractivity contribution in [2.24, 2.45) is 5.92 Å². The molecular weight excluding hydrogens is 216 g/mol. The van der Waals surface area contributed by atoms with Crippen LogP contribution in [0.5, 0.6) is 0 Å². The van der Waals surface area contributed by atoms with Crippen molar-refractivity contribution < 1.29 is 0 Å². The first-order chi connectivity index (χ1) is 8.33. The lowest BCUT2D eigenvalue weighted by Gasteiger charge is -2.11. The molecule has 0 aliphatic heterocycles. The summed E-state index contributed by atoms with van der Waals surface area (Å²) in [5.74, 6) is 1.78. The van der Waals surface area contributed by atoms with Crippen LogP contribution in [0.4, 0.5) is 11.8 Å². The number of nitrogens with zero attached hydrogens (tertiary/aromatic N) is 3. The van der Waals surface area contributed by atoms with Crippen molar-refractivity contribution in [1.29, 1.82) is 0 Å². The zero-order chi connectivity index (χ0) is 11.7. The zero-order valence-electron chi connectivity index (χ0n) is 9.61. The average molecular weight is 232 g/mol. The molecule has 0 atom stereocenters. The van der Waals surface area contributed by atoms with E-state index in [-0.39, 0.29) is 5.95 Å². The molecular formula is C11H16N6. The highest BCUT2D eigenvalue weighted by Crippen LogP contribution is 2.25. The Labute approximate surface area is 99.1 Å². The maximum absolute atomic E-state index is 5.65. The van der Waals surface area contributed by atoms with Gasteiger partial charge in [-0.05, 0) is 18.8 Å². The van der Waals surface area contributed by atoms with E-state index in [1.54, 1.807) is 6.33 Å². The number of nitrogen functional groups attached to an aromatic ring is 1. The standard InChI is InChI=1S/C11H16N6/c12-11-16-9(8-10(17-11)15-6-14-8)13-5-7-3-1-2-4-7/h6-7H,1-5H2,(H4,12,13,14,15,16,17). The highest BCUT2D eigenvalue weighted by atomic mass is 15.1. The third-order valence-electron chi connectivity index (χ3n) is 3.34. The monoisotopic (exact) mass is 232 g/mol. The largest absolute Gasteiger partial charge is 0.368 e. The molecule has 0 spiro atoms. The number of anilines is 2. The van der Waals surface area contributed by atoms with Crippen molar-refractivity contribution >= 4 is 22.9 Å². The van der Waals surface area contributed by atoms with E-state index in [1.807, 2.05) is 0 Å². The van der Waals surface area contributed by atoms with Crippen LogP contribution in [0.15, 0.2) is 6.33 Å². The van der Waals surface area contributed by atoms with E-state index in [1.165, 1.54) is 25.7 Å². The Hall–Kier alpha value is -1.85. The number of imidazole rings is 1. The minimum atomic E-state index is 0.263. The van der Waals surface area contributed by atoms with Crippen molar-refractivity contribution in [3.63, 3.8) is 0 Å². The molecule has 0 aromatic carbocycles.